The van der Waals surface area contributed by atoms with Gasteiger partial charge in [-0.25, -0.2) is 4.39 Å². The molecule has 0 aromatic heterocycles. The fourth-order valence-electron chi connectivity index (χ4n) is 1.92. The van der Waals surface area contributed by atoms with Gasteiger partial charge in [0.15, 0.2) is 0 Å². The number of nitrogens with one attached hydrogen (secondary N) is 1. The second-order valence-electron chi connectivity index (χ2n) is 4.67. The Morgan fingerprint density at radius 3 is 2.22 bits per heavy atom. The van der Waals surface area contributed by atoms with Crippen LogP contribution >= 0.6 is 0 Å². The third-order valence-corrected chi connectivity index (χ3v) is 3.27. The van der Waals surface area contributed by atoms with E-state index in [9.17, 15) is 9.18 Å². The minimum Gasteiger partial charge on any atom is -0.322 e. The van der Waals surface area contributed by atoms with Crippen LogP contribution in [0.25, 0.3) is 0 Å². The van der Waals surface area contributed by atoms with E-state index < -0.39 is 0 Å². The molecule has 0 atom stereocenters. The van der Waals surface area contributed by atoms with Crippen LogP contribution in [0.5, 0.6) is 0 Å². The summed E-state index contributed by atoms with van der Waals surface area (Å²) in [5, 5.41) is 2.79. The maximum Gasteiger partial charge on any atom is 0.255 e. The van der Waals surface area contributed by atoms with Crippen LogP contribution in [0.1, 0.15) is 43.7 Å². The minimum absolute atomic E-state index is 0. The molecule has 0 aliphatic carbocycles. The van der Waals surface area contributed by atoms with Crippen LogP contribution in [0.15, 0.2) is 36.4 Å². The lowest BCUT2D eigenvalue weighted by Crippen LogP contribution is -2.14. The average Bonchev–Trinajstić information content (AvgIpc) is 2.57. The molecule has 0 bridgehead atoms. The van der Waals surface area contributed by atoms with Gasteiger partial charge >= 0.3 is 0 Å². The number of benzene rings is 2. The molecule has 128 valence electrons. The number of carbonyl (C=O) groups is 2. The highest BCUT2D eigenvalue weighted by molar-refractivity contribution is 6.05. The van der Waals surface area contributed by atoms with E-state index in [-0.39, 0.29) is 14.6 Å². The molecule has 0 unspecified atom stereocenters. The first-order valence-corrected chi connectivity index (χ1v) is 7.41. The van der Waals surface area contributed by atoms with Crippen LogP contribution < -0.4 is 5.32 Å². The molecule has 0 aliphatic rings. The van der Waals surface area contributed by atoms with Crippen LogP contribution in [0.3, 0.4) is 0 Å². The number of hydrogen-bond acceptors (Lipinski definition) is 2. The smallest absolute Gasteiger partial charge is 0.255 e. The molecule has 4 heteroatoms. The average molecular weight is 321 g/mol. The second kappa shape index (κ2) is 10.3. The predicted molar refractivity (Wildman–Crippen MR) is 97.7 cm³/mol. The highest BCUT2D eigenvalue weighted by atomic mass is 19.1. The van der Waals surface area contributed by atoms with Gasteiger partial charge < -0.3 is 10.1 Å². The molecule has 3 nitrogen and oxygen atoms in total. The monoisotopic (exact) mass is 321 g/mol. The van der Waals surface area contributed by atoms with E-state index >= 15 is 0 Å². The Balaban J connectivity index is -0.000000752. The Morgan fingerprint density at radius 1 is 1.04 bits per heavy atom. The number of carbonyl (C=O) groups excluding carboxylic acids is 2. The van der Waals surface area contributed by atoms with Crippen LogP contribution in [0.2, 0.25) is 0 Å². The second-order valence-corrected chi connectivity index (χ2v) is 4.67. The Labute approximate surface area is 140 Å². The summed E-state index contributed by atoms with van der Waals surface area (Å²) in [5.41, 5.74) is 3.78. The maximum absolute atomic E-state index is 13.2. The molecule has 23 heavy (non-hydrogen) atoms. The number of halogens is 1. The summed E-state index contributed by atoms with van der Waals surface area (Å²) >= 11 is 0. The number of anilines is 1. The molecule has 2 aromatic carbocycles. The molecule has 0 spiro atoms. The van der Waals surface area contributed by atoms with Gasteiger partial charge in [0.2, 0.25) is 0 Å². The van der Waals surface area contributed by atoms with Crippen LogP contribution in [-0.2, 0) is 4.79 Å². The quantitative estimate of drug-likeness (QED) is 0.812. The van der Waals surface area contributed by atoms with Crippen LogP contribution in [0.4, 0.5) is 10.1 Å². The Morgan fingerprint density at radius 2 is 1.65 bits per heavy atom. The van der Waals surface area contributed by atoms with Crippen molar-refractivity contribution in [3.05, 3.63) is 64.5 Å². The molecule has 0 heterocycles. The lowest BCUT2D eigenvalue weighted by molar-refractivity contribution is -0.0980. The Hall–Kier alpha value is -2.49. The van der Waals surface area contributed by atoms with E-state index in [1.54, 1.807) is 25.1 Å². The van der Waals surface area contributed by atoms with Crippen LogP contribution in [0, 0.1) is 26.6 Å². The summed E-state index contributed by atoms with van der Waals surface area (Å²) in [6, 6.07) is 10.1. The van der Waals surface area contributed by atoms with Crippen molar-refractivity contribution in [3.8, 4) is 0 Å². The van der Waals surface area contributed by atoms with Crippen molar-refractivity contribution >= 4 is 18.4 Å². The third kappa shape index (κ3) is 5.66. The number of aryl methyl sites for hydroxylation is 2. The first-order valence-electron chi connectivity index (χ1n) is 7.41. The Bertz CT molecular complexity index is 664. The van der Waals surface area contributed by atoms with E-state index in [1.807, 2.05) is 46.6 Å². The first-order chi connectivity index (χ1) is 11.0. The van der Waals surface area contributed by atoms with Crippen molar-refractivity contribution in [1.29, 1.82) is 0 Å². The summed E-state index contributed by atoms with van der Waals surface area (Å²) in [6.07, 6.45) is 0. The standard InChI is InChI=1S/C16H16FNO.C2H6.CH2O.2H2/c1-10-5-4-6-14(12(10)3)16(19)18-13-7-8-15(17)11(2)9-13;2*1-2;;/h4-9H,1-3H3,(H,18,19);1-2H3;1H2;2*1H. The van der Waals surface area contributed by atoms with Crippen molar-refractivity contribution < 1.29 is 16.8 Å². The van der Waals surface area contributed by atoms with Crippen LogP contribution in [-0.4, -0.2) is 12.7 Å². The lowest BCUT2D eigenvalue weighted by Gasteiger charge is -2.10. The zero-order valence-corrected chi connectivity index (χ0v) is 14.4. The molecule has 1 N–H and O–H groups in total. The SMILES string of the molecule is C=O.CC.Cc1cc(NC(=O)c2cccc(C)c2C)ccc1F.[HH].[HH]. The molecule has 2 rings (SSSR count). The molecule has 2 aromatic rings. The van der Waals surface area contributed by atoms with Crippen molar-refractivity contribution in [2.24, 2.45) is 0 Å². The fourth-order valence-corrected chi connectivity index (χ4v) is 1.92. The van der Waals surface area contributed by atoms with E-state index in [2.05, 4.69) is 5.32 Å². The summed E-state index contributed by atoms with van der Waals surface area (Å²) in [4.78, 5) is 20.2. The molecule has 0 radical (unpaired) electrons. The third-order valence-electron chi connectivity index (χ3n) is 3.27. The maximum atomic E-state index is 13.2. The summed E-state index contributed by atoms with van der Waals surface area (Å²) in [5.74, 6) is -0.447. The summed E-state index contributed by atoms with van der Waals surface area (Å²) in [7, 11) is 0. The molecule has 0 saturated heterocycles. The van der Waals surface area contributed by atoms with Gasteiger partial charge in [0.25, 0.3) is 5.91 Å². The molecule has 0 saturated carbocycles. The topological polar surface area (TPSA) is 46.2 Å². The van der Waals surface area contributed by atoms with Crippen molar-refractivity contribution in [1.82, 2.24) is 0 Å². The van der Waals surface area contributed by atoms with Gasteiger partial charge in [-0.15, -0.1) is 0 Å². The van der Waals surface area contributed by atoms with Gasteiger partial charge in [-0.1, -0.05) is 26.0 Å². The normalized spacial score (nSPS) is 8.96. The van der Waals surface area contributed by atoms with Gasteiger partial charge in [0.05, 0.1) is 0 Å². The minimum atomic E-state index is -0.273. The molecule has 0 fully saturated rings. The summed E-state index contributed by atoms with van der Waals surface area (Å²) < 4.78 is 13.2. The predicted octanol–water partition coefficient (Wildman–Crippen LogP) is 5.34. The largest absolute Gasteiger partial charge is 0.322 e. The zero-order chi connectivity index (χ0) is 18.0. The molecular weight excluding hydrogens is 293 g/mol. The van der Waals surface area contributed by atoms with Gasteiger partial charge in [0, 0.05) is 14.1 Å². The van der Waals surface area contributed by atoms with Crippen molar-refractivity contribution in [3.63, 3.8) is 0 Å². The molecule has 1 amide bonds. The first kappa shape index (κ1) is 20.5. The van der Waals surface area contributed by atoms with Gasteiger partial charge in [-0.3, -0.25) is 4.79 Å². The Kier molecular flexibility index (Phi) is 9.16. The highest BCUT2D eigenvalue weighted by Gasteiger charge is 2.10. The van der Waals surface area contributed by atoms with E-state index in [0.29, 0.717) is 16.8 Å². The number of hydrogen-bond donors (Lipinski definition) is 1. The van der Waals surface area contributed by atoms with E-state index in [0.717, 1.165) is 11.1 Å². The van der Waals surface area contributed by atoms with Gasteiger partial charge in [-0.05, 0) is 61.7 Å². The van der Waals surface area contributed by atoms with Crippen molar-refractivity contribution in [2.75, 3.05) is 5.32 Å². The van der Waals surface area contributed by atoms with E-state index in [1.165, 1.54) is 6.07 Å². The number of rotatable bonds is 2. The lowest BCUT2D eigenvalue weighted by atomic mass is 10.0. The van der Waals surface area contributed by atoms with Crippen molar-refractivity contribution in [2.45, 2.75) is 34.6 Å². The van der Waals surface area contributed by atoms with Gasteiger partial charge in [-0.2, -0.15) is 0 Å². The fraction of sp³-hybridized carbons (Fsp3) is 0.263. The molecular formula is C19H28FNO2. The summed E-state index contributed by atoms with van der Waals surface area (Å²) in [6.45, 7) is 11.6. The number of amides is 1. The van der Waals surface area contributed by atoms with Gasteiger partial charge in [0.1, 0.15) is 12.6 Å². The highest BCUT2D eigenvalue weighted by Crippen LogP contribution is 2.17. The zero-order valence-electron chi connectivity index (χ0n) is 14.4. The van der Waals surface area contributed by atoms with E-state index in [4.69, 9.17) is 4.79 Å². The molecule has 0 aliphatic heterocycles.